The predicted molar refractivity (Wildman–Crippen MR) is 77.7 cm³/mol. The number of carbonyl (C=O) groups is 1. The number of ether oxygens (including phenoxy) is 1. The Morgan fingerprint density at radius 1 is 1.37 bits per heavy atom. The van der Waals surface area contributed by atoms with Gasteiger partial charge in [-0.25, -0.2) is 4.79 Å². The molecule has 1 unspecified atom stereocenters. The number of rotatable bonds is 7. The van der Waals surface area contributed by atoms with Gasteiger partial charge in [-0.2, -0.15) is 0 Å². The van der Waals surface area contributed by atoms with Crippen LogP contribution in [0.15, 0.2) is 24.3 Å². The number of esters is 1. The summed E-state index contributed by atoms with van der Waals surface area (Å²) in [5.74, 6) is -0.326. The predicted octanol–water partition coefficient (Wildman–Crippen LogP) is 2.15. The van der Waals surface area contributed by atoms with Crippen LogP contribution in [0.4, 0.5) is 0 Å². The molecule has 4 nitrogen and oxygen atoms in total. The number of aliphatic hydroxyl groups excluding tert-OH is 1. The van der Waals surface area contributed by atoms with Crippen LogP contribution in [0, 0.1) is 0 Å². The molecule has 19 heavy (non-hydrogen) atoms. The van der Waals surface area contributed by atoms with Crippen molar-refractivity contribution in [2.75, 3.05) is 13.7 Å². The van der Waals surface area contributed by atoms with Crippen molar-refractivity contribution in [3.05, 3.63) is 35.4 Å². The number of carbonyl (C=O) groups excluding carboxylic acids is 1. The first-order chi connectivity index (χ1) is 8.67. The molecular weight excluding hydrogens is 266 g/mol. The van der Waals surface area contributed by atoms with Crippen LogP contribution < -0.4 is 5.32 Å². The maximum Gasteiger partial charge on any atom is 0.337 e. The van der Waals surface area contributed by atoms with E-state index in [2.05, 4.69) is 17.0 Å². The average Bonchev–Trinajstić information content (AvgIpc) is 2.39. The first-order valence-electron chi connectivity index (χ1n) is 6.23. The van der Waals surface area contributed by atoms with Gasteiger partial charge in [0.05, 0.1) is 18.8 Å². The minimum Gasteiger partial charge on any atom is -0.465 e. The van der Waals surface area contributed by atoms with Gasteiger partial charge in [-0.15, -0.1) is 12.4 Å². The average molecular weight is 288 g/mol. The highest BCUT2D eigenvalue weighted by Crippen LogP contribution is 2.05. The molecule has 1 aromatic rings. The quantitative estimate of drug-likeness (QED) is 0.755. The summed E-state index contributed by atoms with van der Waals surface area (Å²) in [6.07, 6.45) is 1.51. The topological polar surface area (TPSA) is 58.6 Å². The van der Waals surface area contributed by atoms with E-state index in [1.165, 1.54) is 7.11 Å². The Morgan fingerprint density at radius 2 is 2.00 bits per heavy atom. The van der Waals surface area contributed by atoms with Crippen LogP contribution >= 0.6 is 12.4 Å². The molecule has 1 aromatic carbocycles. The Morgan fingerprint density at radius 3 is 2.53 bits per heavy atom. The molecule has 0 radical (unpaired) electrons. The number of hydrogen-bond acceptors (Lipinski definition) is 4. The number of methoxy groups -OCH3 is 1. The van der Waals surface area contributed by atoms with E-state index in [9.17, 15) is 9.90 Å². The van der Waals surface area contributed by atoms with Crippen molar-refractivity contribution >= 4 is 18.4 Å². The van der Waals surface area contributed by atoms with E-state index in [0.717, 1.165) is 18.4 Å². The molecule has 0 aromatic heterocycles. The van der Waals surface area contributed by atoms with Gasteiger partial charge in [0.2, 0.25) is 0 Å². The largest absolute Gasteiger partial charge is 0.465 e. The number of benzene rings is 1. The molecule has 0 aliphatic heterocycles. The Labute approximate surface area is 120 Å². The molecule has 0 amide bonds. The van der Waals surface area contributed by atoms with Crippen molar-refractivity contribution in [2.24, 2.45) is 0 Å². The molecule has 108 valence electrons. The smallest absolute Gasteiger partial charge is 0.337 e. The van der Waals surface area contributed by atoms with E-state index < -0.39 is 0 Å². The highest BCUT2D eigenvalue weighted by Gasteiger charge is 2.05. The van der Waals surface area contributed by atoms with Crippen molar-refractivity contribution in [3.8, 4) is 0 Å². The lowest BCUT2D eigenvalue weighted by molar-refractivity contribution is 0.0600. The number of hydrogen-bond donors (Lipinski definition) is 2. The standard InChI is InChI=1S/C14H21NO3.ClH/c1-3-4-13(16)10-15-9-11-5-7-12(8-6-11)14(17)18-2;/h5-8,13,15-16H,3-4,9-10H2,1-2H3;1H. The molecule has 0 bridgehead atoms. The molecule has 1 rings (SSSR count). The third-order valence-electron chi connectivity index (χ3n) is 2.71. The molecule has 0 aliphatic carbocycles. The molecule has 1 atom stereocenters. The molecule has 2 N–H and O–H groups in total. The normalized spacial score (nSPS) is 11.5. The van der Waals surface area contributed by atoms with Crippen molar-refractivity contribution in [3.63, 3.8) is 0 Å². The second-order valence-corrected chi connectivity index (χ2v) is 4.26. The van der Waals surface area contributed by atoms with Gasteiger partial charge in [0.25, 0.3) is 0 Å². The van der Waals surface area contributed by atoms with Crippen LogP contribution in [-0.4, -0.2) is 30.8 Å². The first kappa shape index (κ1) is 17.9. The highest BCUT2D eigenvalue weighted by molar-refractivity contribution is 5.89. The Kier molecular flexibility index (Phi) is 9.21. The second kappa shape index (κ2) is 9.78. The fourth-order valence-electron chi connectivity index (χ4n) is 1.69. The van der Waals surface area contributed by atoms with Crippen molar-refractivity contribution < 1.29 is 14.6 Å². The molecule has 0 saturated carbocycles. The molecular formula is C14H22ClNO3. The van der Waals surface area contributed by atoms with Crippen LogP contribution in [0.25, 0.3) is 0 Å². The fraction of sp³-hybridized carbons (Fsp3) is 0.500. The zero-order valence-corrected chi connectivity index (χ0v) is 12.2. The minimum absolute atomic E-state index is 0. The zero-order chi connectivity index (χ0) is 13.4. The molecule has 0 saturated heterocycles. The lowest BCUT2D eigenvalue weighted by atomic mass is 10.1. The number of nitrogens with one attached hydrogen (secondary N) is 1. The third kappa shape index (κ3) is 6.57. The van der Waals surface area contributed by atoms with Gasteiger partial charge in [-0.1, -0.05) is 25.5 Å². The third-order valence-corrected chi connectivity index (χ3v) is 2.71. The van der Waals surface area contributed by atoms with Gasteiger partial charge < -0.3 is 15.2 Å². The summed E-state index contributed by atoms with van der Waals surface area (Å²) in [5.41, 5.74) is 1.62. The summed E-state index contributed by atoms with van der Waals surface area (Å²) in [4.78, 5) is 11.2. The van der Waals surface area contributed by atoms with Crippen LogP contribution in [0.1, 0.15) is 35.7 Å². The first-order valence-corrected chi connectivity index (χ1v) is 6.23. The SMILES string of the molecule is CCCC(O)CNCc1ccc(C(=O)OC)cc1.Cl. The number of aliphatic hydroxyl groups is 1. The lowest BCUT2D eigenvalue weighted by Gasteiger charge is -2.10. The van der Waals surface area contributed by atoms with Gasteiger partial charge in [0, 0.05) is 13.1 Å². The summed E-state index contributed by atoms with van der Waals surface area (Å²) in [5, 5.41) is 12.7. The Bertz CT molecular complexity index is 367. The molecule has 0 aliphatic rings. The van der Waals surface area contributed by atoms with Crippen molar-refractivity contribution in [1.29, 1.82) is 0 Å². The van der Waals surface area contributed by atoms with Crippen LogP contribution in [-0.2, 0) is 11.3 Å². The summed E-state index contributed by atoms with van der Waals surface area (Å²) in [6.45, 7) is 3.32. The molecule has 0 spiro atoms. The van der Waals surface area contributed by atoms with E-state index in [1.54, 1.807) is 12.1 Å². The number of halogens is 1. The highest BCUT2D eigenvalue weighted by atomic mass is 35.5. The molecule has 0 fully saturated rings. The summed E-state index contributed by atoms with van der Waals surface area (Å²) in [7, 11) is 1.37. The molecule has 5 heteroatoms. The van der Waals surface area contributed by atoms with Gasteiger partial charge in [-0.05, 0) is 24.1 Å². The lowest BCUT2D eigenvalue weighted by Crippen LogP contribution is -2.26. The minimum atomic E-state index is -0.326. The van der Waals surface area contributed by atoms with Gasteiger partial charge in [0.15, 0.2) is 0 Å². The summed E-state index contributed by atoms with van der Waals surface area (Å²) in [6, 6.07) is 7.24. The second-order valence-electron chi connectivity index (χ2n) is 4.26. The van der Waals surface area contributed by atoms with Gasteiger partial charge in [-0.3, -0.25) is 0 Å². The van der Waals surface area contributed by atoms with Crippen LogP contribution in [0.3, 0.4) is 0 Å². The summed E-state index contributed by atoms with van der Waals surface area (Å²) >= 11 is 0. The van der Waals surface area contributed by atoms with E-state index in [-0.39, 0.29) is 24.5 Å². The van der Waals surface area contributed by atoms with Crippen LogP contribution in [0.2, 0.25) is 0 Å². The Balaban J connectivity index is 0.00000324. The zero-order valence-electron chi connectivity index (χ0n) is 11.4. The fourth-order valence-corrected chi connectivity index (χ4v) is 1.69. The van der Waals surface area contributed by atoms with E-state index in [4.69, 9.17) is 0 Å². The van der Waals surface area contributed by atoms with Crippen molar-refractivity contribution in [1.82, 2.24) is 5.32 Å². The van der Waals surface area contributed by atoms with E-state index in [1.807, 2.05) is 12.1 Å². The monoisotopic (exact) mass is 287 g/mol. The summed E-state index contributed by atoms with van der Waals surface area (Å²) < 4.78 is 4.63. The van der Waals surface area contributed by atoms with Crippen LogP contribution in [0.5, 0.6) is 0 Å². The van der Waals surface area contributed by atoms with E-state index in [0.29, 0.717) is 18.7 Å². The maximum absolute atomic E-state index is 11.2. The van der Waals surface area contributed by atoms with E-state index >= 15 is 0 Å². The van der Waals surface area contributed by atoms with Crippen molar-refractivity contribution in [2.45, 2.75) is 32.4 Å². The van der Waals surface area contributed by atoms with Gasteiger partial charge >= 0.3 is 5.97 Å². The maximum atomic E-state index is 11.2. The molecule has 0 heterocycles. The Hall–Kier alpha value is -1.10. The van der Waals surface area contributed by atoms with Gasteiger partial charge in [0.1, 0.15) is 0 Å².